The van der Waals surface area contributed by atoms with Crippen molar-refractivity contribution in [2.75, 3.05) is 6.54 Å². The second-order valence-corrected chi connectivity index (χ2v) is 7.06. The Morgan fingerprint density at radius 3 is 2.69 bits per heavy atom. The molecule has 1 aliphatic rings. The third-order valence-corrected chi connectivity index (χ3v) is 4.38. The first-order chi connectivity index (χ1) is 7.55. The molecule has 2 heteroatoms. The molecule has 0 radical (unpaired) electrons. The second-order valence-electron chi connectivity index (χ2n) is 6.03. The highest BCUT2D eigenvalue weighted by molar-refractivity contribution is 7.09. The van der Waals surface area contributed by atoms with Gasteiger partial charge in [0.2, 0.25) is 0 Å². The SMILES string of the molecule is CC(C)(C)C(CNC1CC1)Cc1cccs1. The van der Waals surface area contributed by atoms with Crippen LogP contribution in [-0.4, -0.2) is 12.6 Å². The van der Waals surface area contributed by atoms with Crippen molar-refractivity contribution in [3.05, 3.63) is 22.4 Å². The van der Waals surface area contributed by atoms with Gasteiger partial charge < -0.3 is 5.32 Å². The molecule has 1 atom stereocenters. The zero-order chi connectivity index (χ0) is 11.6. The van der Waals surface area contributed by atoms with Crippen LogP contribution in [-0.2, 0) is 6.42 Å². The fourth-order valence-electron chi connectivity index (χ4n) is 1.95. The summed E-state index contributed by atoms with van der Waals surface area (Å²) < 4.78 is 0. The fourth-order valence-corrected chi connectivity index (χ4v) is 2.74. The van der Waals surface area contributed by atoms with E-state index in [1.54, 1.807) is 0 Å². The first-order valence-electron chi connectivity index (χ1n) is 6.31. The quantitative estimate of drug-likeness (QED) is 0.823. The summed E-state index contributed by atoms with van der Waals surface area (Å²) in [6, 6.07) is 5.25. The van der Waals surface area contributed by atoms with Crippen LogP contribution < -0.4 is 5.32 Å². The van der Waals surface area contributed by atoms with Gasteiger partial charge in [0, 0.05) is 10.9 Å². The average molecular weight is 237 g/mol. The predicted octanol–water partition coefficient (Wildman–Crippen LogP) is 3.70. The zero-order valence-corrected chi connectivity index (χ0v) is 11.4. The van der Waals surface area contributed by atoms with Gasteiger partial charge in [-0.3, -0.25) is 0 Å². The van der Waals surface area contributed by atoms with Crippen LogP contribution in [0.2, 0.25) is 0 Å². The Hall–Kier alpha value is -0.340. The van der Waals surface area contributed by atoms with Crippen molar-refractivity contribution in [1.82, 2.24) is 5.32 Å². The first-order valence-corrected chi connectivity index (χ1v) is 7.19. The number of nitrogens with one attached hydrogen (secondary N) is 1. The van der Waals surface area contributed by atoms with Crippen LogP contribution in [0.4, 0.5) is 0 Å². The molecule has 16 heavy (non-hydrogen) atoms. The molecule has 0 bridgehead atoms. The summed E-state index contributed by atoms with van der Waals surface area (Å²) in [6.45, 7) is 8.26. The Morgan fingerprint density at radius 1 is 1.44 bits per heavy atom. The highest BCUT2D eigenvalue weighted by Gasteiger charge is 2.28. The van der Waals surface area contributed by atoms with Gasteiger partial charge in [-0.15, -0.1) is 11.3 Å². The maximum absolute atomic E-state index is 3.68. The van der Waals surface area contributed by atoms with Gasteiger partial charge in [0.25, 0.3) is 0 Å². The van der Waals surface area contributed by atoms with E-state index in [1.165, 1.54) is 30.7 Å². The molecular formula is C14H23NS. The van der Waals surface area contributed by atoms with Crippen molar-refractivity contribution < 1.29 is 0 Å². The van der Waals surface area contributed by atoms with Crippen LogP contribution in [0.5, 0.6) is 0 Å². The summed E-state index contributed by atoms with van der Waals surface area (Å²) in [6.07, 6.45) is 3.99. The summed E-state index contributed by atoms with van der Waals surface area (Å²) in [5.41, 5.74) is 0.395. The molecule has 1 fully saturated rings. The van der Waals surface area contributed by atoms with Crippen LogP contribution in [0, 0.1) is 11.3 Å². The summed E-state index contributed by atoms with van der Waals surface area (Å²) in [5.74, 6) is 0.742. The molecule has 90 valence electrons. The average Bonchev–Trinajstić information content (AvgIpc) is 2.87. The van der Waals surface area contributed by atoms with E-state index in [4.69, 9.17) is 0 Å². The van der Waals surface area contributed by atoms with Crippen molar-refractivity contribution >= 4 is 11.3 Å². The van der Waals surface area contributed by atoms with Gasteiger partial charge in [-0.25, -0.2) is 0 Å². The second kappa shape index (κ2) is 4.89. The lowest BCUT2D eigenvalue weighted by molar-refractivity contribution is 0.231. The van der Waals surface area contributed by atoms with Crippen LogP contribution in [0.25, 0.3) is 0 Å². The van der Waals surface area contributed by atoms with E-state index in [-0.39, 0.29) is 0 Å². The van der Waals surface area contributed by atoms with Gasteiger partial charge in [0.15, 0.2) is 0 Å². The van der Waals surface area contributed by atoms with Crippen LogP contribution >= 0.6 is 11.3 Å². The Balaban J connectivity index is 1.90. The number of thiophene rings is 1. The number of rotatable bonds is 5. The fraction of sp³-hybridized carbons (Fsp3) is 0.714. The van der Waals surface area contributed by atoms with E-state index in [2.05, 4.69) is 43.6 Å². The largest absolute Gasteiger partial charge is 0.314 e. The lowest BCUT2D eigenvalue weighted by Gasteiger charge is -2.31. The molecule has 1 saturated carbocycles. The maximum atomic E-state index is 3.68. The molecule has 0 saturated heterocycles. The highest BCUT2D eigenvalue weighted by atomic mass is 32.1. The molecule has 0 aromatic carbocycles. The van der Waals surface area contributed by atoms with Gasteiger partial charge in [-0.1, -0.05) is 26.8 Å². The van der Waals surface area contributed by atoms with Crippen LogP contribution in [0.3, 0.4) is 0 Å². The topological polar surface area (TPSA) is 12.0 Å². The third-order valence-electron chi connectivity index (χ3n) is 3.48. The molecule has 1 aromatic heterocycles. The standard InChI is InChI=1S/C14H23NS/c1-14(2,3)11(10-15-12-6-7-12)9-13-5-4-8-16-13/h4-5,8,11-12,15H,6-7,9-10H2,1-3H3. The Morgan fingerprint density at radius 2 is 2.19 bits per heavy atom. The molecule has 0 spiro atoms. The molecule has 1 unspecified atom stereocenters. The minimum absolute atomic E-state index is 0.395. The number of hydrogen-bond donors (Lipinski definition) is 1. The van der Waals surface area contributed by atoms with Crippen molar-refractivity contribution in [2.24, 2.45) is 11.3 Å². The van der Waals surface area contributed by atoms with Gasteiger partial charge in [-0.2, -0.15) is 0 Å². The van der Waals surface area contributed by atoms with E-state index >= 15 is 0 Å². The van der Waals surface area contributed by atoms with Crippen molar-refractivity contribution in [3.63, 3.8) is 0 Å². The summed E-state index contributed by atoms with van der Waals surface area (Å²) >= 11 is 1.89. The Labute approximate surface area is 103 Å². The van der Waals surface area contributed by atoms with Crippen molar-refractivity contribution in [1.29, 1.82) is 0 Å². The van der Waals surface area contributed by atoms with Gasteiger partial charge in [0.1, 0.15) is 0 Å². The molecule has 1 aromatic rings. The molecule has 1 heterocycles. The van der Waals surface area contributed by atoms with Crippen LogP contribution in [0.1, 0.15) is 38.5 Å². The maximum Gasteiger partial charge on any atom is 0.00683 e. The molecule has 1 aliphatic carbocycles. The lowest BCUT2D eigenvalue weighted by Crippen LogP contribution is -2.34. The summed E-state index contributed by atoms with van der Waals surface area (Å²) in [4.78, 5) is 1.53. The normalized spacial score (nSPS) is 18.7. The molecule has 0 aliphatic heterocycles. The highest BCUT2D eigenvalue weighted by Crippen LogP contribution is 2.31. The van der Waals surface area contributed by atoms with Gasteiger partial charge in [-0.05, 0) is 48.6 Å². The smallest absolute Gasteiger partial charge is 0.00683 e. The summed E-state index contributed by atoms with van der Waals surface area (Å²) in [7, 11) is 0. The van der Waals surface area contributed by atoms with E-state index in [9.17, 15) is 0 Å². The Bertz CT molecular complexity index is 306. The van der Waals surface area contributed by atoms with Gasteiger partial charge >= 0.3 is 0 Å². The monoisotopic (exact) mass is 237 g/mol. The lowest BCUT2D eigenvalue weighted by atomic mass is 9.78. The third kappa shape index (κ3) is 3.60. The predicted molar refractivity (Wildman–Crippen MR) is 72.0 cm³/mol. The van der Waals surface area contributed by atoms with E-state index < -0.39 is 0 Å². The molecular weight excluding hydrogens is 214 g/mol. The molecule has 2 rings (SSSR count). The molecule has 1 N–H and O–H groups in total. The van der Waals surface area contributed by atoms with Crippen LogP contribution in [0.15, 0.2) is 17.5 Å². The zero-order valence-electron chi connectivity index (χ0n) is 10.6. The first kappa shape index (κ1) is 12.1. The Kier molecular flexibility index (Phi) is 3.70. The van der Waals surface area contributed by atoms with Gasteiger partial charge in [0.05, 0.1) is 0 Å². The molecule has 1 nitrogen and oxygen atoms in total. The van der Waals surface area contributed by atoms with E-state index in [1.807, 2.05) is 11.3 Å². The summed E-state index contributed by atoms with van der Waals surface area (Å²) in [5, 5.41) is 5.86. The van der Waals surface area contributed by atoms with Crippen molar-refractivity contribution in [3.8, 4) is 0 Å². The number of hydrogen-bond acceptors (Lipinski definition) is 2. The van der Waals surface area contributed by atoms with Crippen molar-refractivity contribution in [2.45, 2.75) is 46.1 Å². The van der Waals surface area contributed by atoms with E-state index in [0.29, 0.717) is 5.41 Å². The minimum atomic E-state index is 0.395. The molecule has 0 amide bonds. The minimum Gasteiger partial charge on any atom is -0.314 e. The van der Waals surface area contributed by atoms with E-state index in [0.717, 1.165) is 12.0 Å².